The highest BCUT2D eigenvalue weighted by Crippen LogP contribution is 2.36. The Labute approximate surface area is 140 Å². The molecule has 1 saturated carbocycles. The number of hydrogen-bond acceptors (Lipinski definition) is 4. The van der Waals surface area contributed by atoms with Crippen molar-refractivity contribution in [1.29, 1.82) is 0 Å². The number of carbonyl (C=O) groups excluding carboxylic acids is 1. The molecule has 1 amide bonds. The summed E-state index contributed by atoms with van der Waals surface area (Å²) in [6.07, 6.45) is 4.36. The smallest absolute Gasteiger partial charge is 0.335 e. The molecule has 2 N–H and O–H groups in total. The molecule has 0 aromatic heterocycles. The fourth-order valence-corrected chi connectivity index (χ4v) is 4.82. The molecule has 1 aliphatic heterocycles. The van der Waals surface area contributed by atoms with Crippen LogP contribution in [0.4, 0.5) is 0 Å². The van der Waals surface area contributed by atoms with Gasteiger partial charge in [-0.3, -0.25) is 4.79 Å². The van der Waals surface area contributed by atoms with E-state index in [1.54, 1.807) is 0 Å². The largest absolute Gasteiger partial charge is 0.478 e. The van der Waals surface area contributed by atoms with Crippen molar-refractivity contribution in [3.05, 3.63) is 35.4 Å². The molecule has 0 bridgehead atoms. The summed E-state index contributed by atoms with van der Waals surface area (Å²) in [6, 6.07) is 5.15. The van der Waals surface area contributed by atoms with Crippen LogP contribution < -0.4 is 4.72 Å². The van der Waals surface area contributed by atoms with Gasteiger partial charge < -0.3 is 5.11 Å². The topological polar surface area (TPSA) is 104 Å². The summed E-state index contributed by atoms with van der Waals surface area (Å²) in [7, 11) is -3.87. The van der Waals surface area contributed by atoms with Gasteiger partial charge in [0, 0.05) is 18.7 Å². The van der Waals surface area contributed by atoms with Gasteiger partial charge in [-0.1, -0.05) is 12.8 Å². The molecule has 2 fully saturated rings. The van der Waals surface area contributed by atoms with Crippen molar-refractivity contribution < 1.29 is 23.1 Å². The van der Waals surface area contributed by atoms with E-state index in [0.717, 1.165) is 25.7 Å². The molecule has 1 aliphatic carbocycles. The van der Waals surface area contributed by atoms with Crippen LogP contribution in [-0.2, 0) is 10.2 Å². The van der Waals surface area contributed by atoms with E-state index in [-0.39, 0.29) is 11.1 Å². The average molecular weight is 352 g/mol. The maximum Gasteiger partial charge on any atom is 0.335 e. The highest BCUT2D eigenvalue weighted by molar-refractivity contribution is 7.87. The highest BCUT2D eigenvalue weighted by atomic mass is 32.2. The minimum Gasteiger partial charge on any atom is -0.478 e. The number of carboxylic acids is 1. The molecular weight excluding hydrogens is 332 g/mol. The Bertz CT molecular complexity index is 730. The number of fused-ring (bicyclic) bond motifs is 1. The van der Waals surface area contributed by atoms with Crippen LogP contribution in [0.5, 0.6) is 0 Å². The predicted octanol–water partition coefficient (Wildman–Crippen LogP) is 1.48. The SMILES string of the molecule is O=C(O)c1ccc(C(=O)NS(=O)(=O)N2CC3CCCCC3C2)cc1. The molecule has 2 atom stereocenters. The van der Waals surface area contributed by atoms with Crippen LogP contribution in [-0.4, -0.2) is 42.8 Å². The summed E-state index contributed by atoms with van der Waals surface area (Å²) < 4.78 is 28.3. The molecular formula is C16H20N2O5S. The van der Waals surface area contributed by atoms with Crippen molar-refractivity contribution in [3.8, 4) is 0 Å². The molecule has 0 spiro atoms. The standard InChI is InChI=1S/C16H20N2O5S/c19-15(11-5-7-12(8-6-11)16(20)21)17-24(22,23)18-9-13-3-1-2-4-14(13)10-18/h5-8,13-14H,1-4,9-10H2,(H,17,19)(H,20,21). The van der Waals surface area contributed by atoms with Crippen LogP contribution in [0.1, 0.15) is 46.4 Å². The normalized spacial score (nSPS) is 24.3. The summed E-state index contributed by atoms with van der Waals surface area (Å²) in [5.41, 5.74) is 0.151. The van der Waals surface area contributed by atoms with Gasteiger partial charge in [0.25, 0.3) is 5.91 Å². The van der Waals surface area contributed by atoms with Crippen molar-refractivity contribution >= 4 is 22.1 Å². The molecule has 130 valence electrons. The maximum atomic E-state index is 12.4. The van der Waals surface area contributed by atoms with Gasteiger partial charge in [0.15, 0.2) is 0 Å². The average Bonchev–Trinajstić information content (AvgIpc) is 2.99. The molecule has 24 heavy (non-hydrogen) atoms. The molecule has 2 unspecified atom stereocenters. The molecule has 1 heterocycles. The third-order valence-electron chi connectivity index (χ3n) is 4.90. The van der Waals surface area contributed by atoms with Crippen LogP contribution in [0.25, 0.3) is 0 Å². The van der Waals surface area contributed by atoms with Crippen molar-refractivity contribution in [3.63, 3.8) is 0 Å². The van der Waals surface area contributed by atoms with Gasteiger partial charge in [0.1, 0.15) is 0 Å². The Morgan fingerprint density at radius 3 is 2.00 bits per heavy atom. The number of benzene rings is 1. The van der Waals surface area contributed by atoms with Gasteiger partial charge in [0.05, 0.1) is 5.56 Å². The zero-order valence-corrected chi connectivity index (χ0v) is 14.0. The summed E-state index contributed by atoms with van der Waals surface area (Å²) in [4.78, 5) is 23.0. The van der Waals surface area contributed by atoms with E-state index in [9.17, 15) is 18.0 Å². The van der Waals surface area contributed by atoms with Crippen LogP contribution >= 0.6 is 0 Å². The molecule has 1 aromatic carbocycles. The Balaban J connectivity index is 1.67. The number of amides is 1. The third kappa shape index (κ3) is 3.44. The lowest BCUT2D eigenvalue weighted by Crippen LogP contribution is -2.42. The van der Waals surface area contributed by atoms with Gasteiger partial charge in [-0.05, 0) is 48.9 Å². The van der Waals surface area contributed by atoms with E-state index in [2.05, 4.69) is 4.72 Å². The van der Waals surface area contributed by atoms with Gasteiger partial charge in [0.2, 0.25) is 0 Å². The van der Waals surface area contributed by atoms with Crippen molar-refractivity contribution in [2.75, 3.05) is 13.1 Å². The van der Waals surface area contributed by atoms with Crippen molar-refractivity contribution in [1.82, 2.24) is 9.03 Å². The Morgan fingerprint density at radius 2 is 1.50 bits per heavy atom. The molecule has 2 aliphatic rings. The number of carboxylic acid groups (broad SMARTS) is 1. The van der Waals surface area contributed by atoms with E-state index in [1.165, 1.54) is 28.6 Å². The number of rotatable bonds is 4. The zero-order chi connectivity index (χ0) is 17.3. The monoisotopic (exact) mass is 352 g/mol. The number of aromatic carboxylic acids is 1. The minimum absolute atomic E-state index is 0.0398. The van der Waals surface area contributed by atoms with Crippen LogP contribution in [0.2, 0.25) is 0 Å². The van der Waals surface area contributed by atoms with Gasteiger partial charge >= 0.3 is 16.2 Å². The second kappa shape index (κ2) is 6.52. The van der Waals surface area contributed by atoms with E-state index >= 15 is 0 Å². The van der Waals surface area contributed by atoms with Crippen molar-refractivity contribution in [2.24, 2.45) is 11.8 Å². The molecule has 3 rings (SSSR count). The summed E-state index contributed by atoms with van der Waals surface area (Å²) in [5, 5.41) is 8.84. The Kier molecular flexibility index (Phi) is 4.60. The highest BCUT2D eigenvalue weighted by Gasteiger charge is 2.40. The first-order chi connectivity index (χ1) is 11.4. The fourth-order valence-electron chi connectivity index (χ4n) is 3.56. The quantitative estimate of drug-likeness (QED) is 0.854. The van der Waals surface area contributed by atoms with Crippen LogP contribution in [0, 0.1) is 11.8 Å². The summed E-state index contributed by atoms with van der Waals surface area (Å²) in [6.45, 7) is 0.927. The predicted molar refractivity (Wildman–Crippen MR) is 86.8 cm³/mol. The third-order valence-corrected chi connectivity index (χ3v) is 6.32. The van der Waals surface area contributed by atoms with E-state index in [0.29, 0.717) is 24.9 Å². The maximum absolute atomic E-state index is 12.4. The molecule has 7 nitrogen and oxygen atoms in total. The first-order valence-electron chi connectivity index (χ1n) is 8.02. The fraction of sp³-hybridized carbons (Fsp3) is 0.500. The molecule has 8 heteroatoms. The van der Waals surface area contributed by atoms with Crippen LogP contribution in [0.3, 0.4) is 0 Å². The Morgan fingerprint density at radius 1 is 1.00 bits per heavy atom. The summed E-state index contributed by atoms with van der Waals surface area (Å²) in [5.74, 6) is -1.07. The van der Waals surface area contributed by atoms with Gasteiger partial charge in [-0.2, -0.15) is 12.7 Å². The minimum atomic E-state index is -3.87. The number of nitrogens with one attached hydrogen (secondary N) is 1. The zero-order valence-electron chi connectivity index (χ0n) is 13.1. The second-order valence-corrected chi connectivity index (χ2v) is 8.11. The number of nitrogens with zero attached hydrogens (tertiary/aromatic N) is 1. The first-order valence-corrected chi connectivity index (χ1v) is 9.46. The van der Waals surface area contributed by atoms with Gasteiger partial charge in [-0.25, -0.2) is 9.52 Å². The second-order valence-electron chi connectivity index (χ2n) is 6.44. The first kappa shape index (κ1) is 16.9. The number of hydrogen-bond donors (Lipinski definition) is 2. The molecule has 1 aromatic rings. The van der Waals surface area contributed by atoms with E-state index in [1.807, 2.05) is 0 Å². The van der Waals surface area contributed by atoms with E-state index < -0.39 is 22.1 Å². The summed E-state index contributed by atoms with van der Waals surface area (Å²) >= 11 is 0. The lowest BCUT2D eigenvalue weighted by Gasteiger charge is -2.22. The Hall–Kier alpha value is -1.93. The molecule has 1 saturated heterocycles. The molecule has 0 radical (unpaired) electrons. The van der Waals surface area contributed by atoms with Crippen molar-refractivity contribution in [2.45, 2.75) is 25.7 Å². The number of carbonyl (C=O) groups is 2. The van der Waals surface area contributed by atoms with E-state index in [4.69, 9.17) is 5.11 Å². The lowest BCUT2D eigenvalue weighted by molar-refractivity contribution is 0.0696. The lowest BCUT2D eigenvalue weighted by atomic mass is 9.82. The van der Waals surface area contributed by atoms with Gasteiger partial charge in [-0.15, -0.1) is 0 Å². The van der Waals surface area contributed by atoms with Crippen LogP contribution in [0.15, 0.2) is 24.3 Å².